The number of sulfonamides is 1. The van der Waals surface area contributed by atoms with Crippen molar-refractivity contribution in [2.24, 2.45) is 0 Å². The number of hydrogen-bond acceptors (Lipinski definition) is 6. The summed E-state index contributed by atoms with van der Waals surface area (Å²) in [5.74, 6) is -0.751. The second-order valence-electron chi connectivity index (χ2n) is 7.30. The summed E-state index contributed by atoms with van der Waals surface area (Å²) < 4.78 is 36.8. The van der Waals surface area contributed by atoms with Gasteiger partial charge in [-0.3, -0.25) is 4.79 Å². The average Bonchev–Trinajstić information content (AvgIpc) is 3.21. The van der Waals surface area contributed by atoms with Crippen LogP contribution in [0.15, 0.2) is 63.2 Å². The van der Waals surface area contributed by atoms with Crippen LogP contribution in [0.25, 0.3) is 17.0 Å². The summed E-state index contributed by atoms with van der Waals surface area (Å²) in [6, 6.07) is 14.1. The zero-order chi connectivity index (χ0) is 21.8. The van der Waals surface area contributed by atoms with E-state index in [1.807, 2.05) is 18.2 Å². The van der Waals surface area contributed by atoms with Gasteiger partial charge in [-0.2, -0.15) is 0 Å². The molecule has 31 heavy (non-hydrogen) atoms. The third kappa shape index (κ3) is 5.28. The molecule has 1 aliphatic rings. The third-order valence-corrected chi connectivity index (χ3v) is 6.13. The van der Waals surface area contributed by atoms with Crippen molar-refractivity contribution in [3.05, 3.63) is 86.6 Å². The highest BCUT2D eigenvalue weighted by Gasteiger charge is 2.16. The van der Waals surface area contributed by atoms with E-state index in [2.05, 4.69) is 4.72 Å². The van der Waals surface area contributed by atoms with Crippen LogP contribution in [0.3, 0.4) is 0 Å². The van der Waals surface area contributed by atoms with Gasteiger partial charge in [0, 0.05) is 22.4 Å². The van der Waals surface area contributed by atoms with Crippen molar-refractivity contribution in [3.63, 3.8) is 0 Å². The Morgan fingerprint density at radius 1 is 1.10 bits per heavy atom. The Morgan fingerprint density at radius 3 is 2.61 bits per heavy atom. The number of fused-ring (bicyclic) bond motifs is 2. The molecule has 1 aromatic heterocycles. The van der Waals surface area contributed by atoms with Gasteiger partial charge in [-0.1, -0.05) is 30.3 Å². The van der Waals surface area contributed by atoms with E-state index in [9.17, 15) is 18.0 Å². The number of benzene rings is 2. The standard InChI is InChI=1S/C23H21NO6S/c25-22-13-19(20-11-17-7-4-8-18(17)12-21(20)30-22)15-29-23(26)14-24-31(27,28)10-9-16-5-2-1-3-6-16/h1-3,5-6,9-13,24H,4,7-8,14-15H2/b10-9+. The number of hydrogen-bond donors (Lipinski definition) is 1. The van der Waals surface area contributed by atoms with Crippen LogP contribution in [0.2, 0.25) is 0 Å². The quantitative estimate of drug-likeness (QED) is 0.449. The SMILES string of the molecule is O=C(CNS(=O)(=O)/C=C/c1ccccc1)OCc1cc(=O)oc2cc3c(cc12)CCC3. The van der Waals surface area contributed by atoms with Crippen molar-refractivity contribution in [2.75, 3.05) is 6.54 Å². The van der Waals surface area contributed by atoms with Gasteiger partial charge >= 0.3 is 11.6 Å². The van der Waals surface area contributed by atoms with Crippen LogP contribution in [0, 0.1) is 0 Å². The number of nitrogens with one attached hydrogen (secondary N) is 1. The molecular formula is C23H21NO6S. The van der Waals surface area contributed by atoms with Crippen LogP contribution in [0.5, 0.6) is 0 Å². The van der Waals surface area contributed by atoms with E-state index < -0.39 is 28.2 Å². The Labute approximate surface area is 179 Å². The van der Waals surface area contributed by atoms with Crippen LogP contribution in [0.4, 0.5) is 0 Å². The molecule has 4 rings (SSSR count). The van der Waals surface area contributed by atoms with E-state index in [1.54, 1.807) is 24.3 Å². The van der Waals surface area contributed by atoms with E-state index in [4.69, 9.17) is 9.15 Å². The van der Waals surface area contributed by atoms with Gasteiger partial charge < -0.3 is 9.15 Å². The molecule has 1 aliphatic carbocycles. The van der Waals surface area contributed by atoms with Gasteiger partial charge in [0.15, 0.2) is 0 Å². The Balaban J connectivity index is 1.39. The molecule has 1 heterocycles. The van der Waals surface area contributed by atoms with Gasteiger partial charge in [0.2, 0.25) is 10.0 Å². The fourth-order valence-corrected chi connectivity index (χ4v) is 4.31. The first-order valence-electron chi connectivity index (χ1n) is 9.86. The summed E-state index contributed by atoms with van der Waals surface area (Å²) in [4.78, 5) is 24.0. The maximum atomic E-state index is 12.1. The summed E-state index contributed by atoms with van der Waals surface area (Å²) >= 11 is 0. The lowest BCUT2D eigenvalue weighted by Crippen LogP contribution is -2.29. The lowest BCUT2D eigenvalue weighted by molar-refractivity contribution is -0.143. The zero-order valence-corrected chi connectivity index (χ0v) is 17.5. The molecule has 0 atom stereocenters. The van der Waals surface area contributed by atoms with Gasteiger partial charge in [-0.05, 0) is 54.2 Å². The van der Waals surface area contributed by atoms with Gasteiger partial charge in [-0.15, -0.1) is 0 Å². The van der Waals surface area contributed by atoms with E-state index in [-0.39, 0.29) is 6.61 Å². The highest BCUT2D eigenvalue weighted by Crippen LogP contribution is 2.28. The molecule has 8 heteroatoms. The zero-order valence-electron chi connectivity index (χ0n) is 16.7. The fourth-order valence-electron chi connectivity index (χ4n) is 3.56. The molecule has 0 saturated heterocycles. The fraction of sp³-hybridized carbons (Fsp3) is 0.217. The first-order chi connectivity index (χ1) is 14.9. The third-order valence-electron chi connectivity index (χ3n) is 5.09. The molecule has 0 fully saturated rings. The summed E-state index contributed by atoms with van der Waals surface area (Å²) in [5.41, 5.74) is 3.56. The van der Waals surface area contributed by atoms with Gasteiger partial charge in [-0.25, -0.2) is 17.9 Å². The molecule has 0 radical (unpaired) electrons. The second-order valence-corrected chi connectivity index (χ2v) is 8.95. The molecule has 0 unspecified atom stereocenters. The molecule has 1 N–H and O–H groups in total. The lowest BCUT2D eigenvalue weighted by atomic mass is 10.0. The molecule has 0 spiro atoms. The number of esters is 1. The van der Waals surface area contributed by atoms with Crippen molar-refractivity contribution in [3.8, 4) is 0 Å². The van der Waals surface area contributed by atoms with E-state index >= 15 is 0 Å². The summed E-state index contributed by atoms with van der Waals surface area (Å²) in [6.45, 7) is -0.669. The maximum Gasteiger partial charge on any atom is 0.336 e. The minimum atomic E-state index is -3.80. The number of carbonyl (C=O) groups is 1. The first kappa shape index (κ1) is 21.0. The molecule has 0 aliphatic heterocycles. The number of carbonyl (C=O) groups excluding carboxylic acids is 1. The Morgan fingerprint density at radius 2 is 1.84 bits per heavy atom. The summed E-state index contributed by atoms with van der Waals surface area (Å²) in [6.07, 6.45) is 4.40. The van der Waals surface area contributed by atoms with Crippen molar-refractivity contribution in [1.82, 2.24) is 4.72 Å². The monoisotopic (exact) mass is 439 g/mol. The Hall–Kier alpha value is -3.23. The van der Waals surface area contributed by atoms with Gasteiger partial charge in [0.1, 0.15) is 18.7 Å². The van der Waals surface area contributed by atoms with Crippen molar-refractivity contribution < 1.29 is 22.4 Å². The second kappa shape index (κ2) is 8.87. The number of ether oxygens (including phenoxy) is 1. The van der Waals surface area contributed by atoms with Gasteiger partial charge in [0.25, 0.3) is 0 Å². The van der Waals surface area contributed by atoms with Crippen LogP contribution in [-0.2, 0) is 39.0 Å². The molecule has 0 amide bonds. The van der Waals surface area contributed by atoms with Crippen molar-refractivity contribution in [1.29, 1.82) is 0 Å². The van der Waals surface area contributed by atoms with E-state index in [1.165, 1.54) is 23.3 Å². The normalized spacial score (nSPS) is 13.5. The van der Waals surface area contributed by atoms with Crippen LogP contribution < -0.4 is 10.3 Å². The highest BCUT2D eigenvalue weighted by atomic mass is 32.2. The van der Waals surface area contributed by atoms with Crippen LogP contribution in [-0.4, -0.2) is 20.9 Å². The molecule has 2 aromatic carbocycles. The molecular weight excluding hydrogens is 418 g/mol. The highest BCUT2D eigenvalue weighted by molar-refractivity contribution is 7.92. The van der Waals surface area contributed by atoms with E-state index in [0.29, 0.717) is 11.1 Å². The molecule has 3 aromatic rings. The lowest BCUT2D eigenvalue weighted by Gasteiger charge is -2.09. The molecule has 7 nitrogen and oxygen atoms in total. The Bertz CT molecular complexity index is 1310. The van der Waals surface area contributed by atoms with Crippen LogP contribution >= 0.6 is 0 Å². The number of aryl methyl sites for hydroxylation is 2. The first-order valence-corrected chi connectivity index (χ1v) is 11.4. The summed E-state index contributed by atoms with van der Waals surface area (Å²) in [7, 11) is -3.80. The number of rotatable bonds is 7. The van der Waals surface area contributed by atoms with Crippen molar-refractivity contribution >= 4 is 33.0 Å². The maximum absolute atomic E-state index is 12.1. The predicted octanol–water partition coefficient (Wildman–Crippen LogP) is 2.92. The van der Waals surface area contributed by atoms with Gasteiger partial charge in [0.05, 0.1) is 0 Å². The summed E-state index contributed by atoms with van der Waals surface area (Å²) in [5, 5.41) is 1.71. The average molecular weight is 439 g/mol. The molecule has 0 saturated carbocycles. The minimum Gasteiger partial charge on any atom is -0.460 e. The minimum absolute atomic E-state index is 0.151. The predicted molar refractivity (Wildman–Crippen MR) is 117 cm³/mol. The Kier molecular flexibility index (Phi) is 6.01. The topological polar surface area (TPSA) is 103 Å². The molecule has 0 bridgehead atoms. The molecule has 160 valence electrons. The van der Waals surface area contributed by atoms with Crippen LogP contribution in [0.1, 0.15) is 28.7 Å². The smallest absolute Gasteiger partial charge is 0.336 e. The largest absolute Gasteiger partial charge is 0.460 e. The van der Waals surface area contributed by atoms with Crippen molar-refractivity contribution in [2.45, 2.75) is 25.9 Å². The van der Waals surface area contributed by atoms with E-state index in [0.717, 1.165) is 35.6 Å².